The summed E-state index contributed by atoms with van der Waals surface area (Å²) in [7, 11) is 1.72. The van der Waals surface area contributed by atoms with Crippen LogP contribution in [0.25, 0.3) is 0 Å². The molecule has 0 bridgehead atoms. The number of nitrogens with one attached hydrogen (secondary N) is 2. The molecule has 1 aliphatic rings. The second-order valence-electron chi connectivity index (χ2n) is 4.05. The topological polar surface area (TPSA) is 41.1 Å². The van der Waals surface area contributed by atoms with Crippen molar-refractivity contribution < 1.29 is 4.79 Å². The Morgan fingerprint density at radius 2 is 2.00 bits per heavy atom. The van der Waals surface area contributed by atoms with Crippen LogP contribution in [0.2, 0.25) is 0 Å². The van der Waals surface area contributed by atoms with Gasteiger partial charge in [0.15, 0.2) is 0 Å². The van der Waals surface area contributed by atoms with Crippen molar-refractivity contribution in [2.75, 3.05) is 7.05 Å². The first-order valence-electron chi connectivity index (χ1n) is 4.56. The number of carbonyl (C=O) groups is 1. The number of carbonyl (C=O) groups excluding carboxylic acids is 1. The first kappa shape index (κ1) is 9.52. The van der Waals surface area contributed by atoms with E-state index in [9.17, 15) is 4.79 Å². The largest absolute Gasteiger partial charge is 0.291 e. The summed E-state index contributed by atoms with van der Waals surface area (Å²) in [4.78, 5) is 11.5. The minimum Gasteiger partial charge on any atom is -0.291 e. The Bertz CT molecular complexity index is 173. The Labute approximate surface area is 73.9 Å². The van der Waals surface area contributed by atoms with E-state index in [2.05, 4.69) is 10.9 Å². The third-order valence-corrected chi connectivity index (χ3v) is 2.95. The predicted octanol–water partition coefficient (Wildman–Crippen LogP) is 1.06. The fourth-order valence-corrected chi connectivity index (χ4v) is 1.59. The molecule has 0 aromatic rings. The van der Waals surface area contributed by atoms with Crippen molar-refractivity contribution in [3.63, 3.8) is 0 Å². The van der Waals surface area contributed by atoms with Gasteiger partial charge in [0.05, 0.1) is 0 Å². The van der Waals surface area contributed by atoms with Gasteiger partial charge in [-0.1, -0.05) is 20.3 Å². The Hall–Kier alpha value is -0.570. The Kier molecular flexibility index (Phi) is 2.73. The summed E-state index contributed by atoms with van der Waals surface area (Å²) in [5, 5.41) is 0. The van der Waals surface area contributed by atoms with Gasteiger partial charge in [-0.15, -0.1) is 0 Å². The van der Waals surface area contributed by atoms with Gasteiger partial charge in [0, 0.05) is 12.5 Å². The van der Waals surface area contributed by atoms with Gasteiger partial charge < -0.3 is 0 Å². The second kappa shape index (κ2) is 3.44. The quantitative estimate of drug-likeness (QED) is 0.622. The van der Waals surface area contributed by atoms with Crippen molar-refractivity contribution in [3.8, 4) is 0 Å². The van der Waals surface area contributed by atoms with Crippen molar-refractivity contribution in [1.29, 1.82) is 0 Å². The van der Waals surface area contributed by atoms with Gasteiger partial charge >= 0.3 is 0 Å². The minimum atomic E-state index is -0.207. The zero-order chi connectivity index (χ0) is 9.19. The highest BCUT2D eigenvalue weighted by molar-refractivity contribution is 5.81. The molecule has 0 radical (unpaired) electrons. The van der Waals surface area contributed by atoms with Crippen molar-refractivity contribution in [3.05, 3.63) is 0 Å². The second-order valence-corrected chi connectivity index (χ2v) is 4.05. The molecule has 0 aromatic carbocycles. The van der Waals surface area contributed by atoms with E-state index in [1.54, 1.807) is 7.05 Å². The zero-order valence-corrected chi connectivity index (χ0v) is 8.11. The maximum atomic E-state index is 11.5. The summed E-state index contributed by atoms with van der Waals surface area (Å²) in [5.41, 5.74) is 5.12. The highest BCUT2D eigenvalue weighted by Gasteiger charge is 2.39. The Morgan fingerprint density at radius 1 is 1.42 bits per heavy atom. The van der Waals surface area contributed by atoms with E-state index in [0.717, 1.165) is 0 Å². The third kappa shape index (κ3) is 1.61. The smallest absolute Gasteiger partial charge is 0.240 e. The number of hydrogen-bond acceptors (Lipinski definition) is 2. The third-order valence-electron chi connectivity index (χ3n) is 2.95. The molecule has 3 heteroatoms. The number of rotatable bonds is 3. The summed E-state index contributed by atoms with van der Waals surface area (Å²) in [6, 6.07) is 0. The molecule has 1 aliphatic carbocycles. The number of hydrogen-bond donors (Lipinski definition) is 2. The Balaban J connectivity index is 2.50. The highest BCUT2D eigenvalue weighted by atomic mass is 16.2. The predicted molar refractivity (Wildman–Crippen MR) is 48.3 cm³/mol. The molecule has 0 saturated heterocycles. The van der Waals surface area contributed by atoms with Crippen LogP contribution in [0, 0.1) is 11.3 Å². The minimum absolute atomic E-state index is 0.106. The molecule has 0 aromatic heterocycles. The van der Waals surface area contributed by atoms with Gasteiger partial charge in [0.25, 0.3) is 0 Å². The lowest BCUT2D eigenvalue weighted by Gasteiger charge is -2.38. The van der Waals surface area contributed by atoms with Crippen LogP contribution < -0.4 is 10.9 Å². The van der Waals surface area contributed by atoms with Crippen LogP contribution >= 0.6 is 0 Å². The van der Waals surface area contributed by atoms with Crippen LogP contribution in [0.15, 0.2) is 0 Å². The first-order valence-corrected chi connectivity index (χ1v) is 4.56. The average molecular weight is 170 g/mol. The molecule has 0 spiro atoms. The van der Waals surface area contributed by atoms with E-state index in [1.807, 2.05) is 13.8 Å². The van der Waals surface area contributed by atoms with Crippen molar-refractivity contribution in [1.82, 2.24) is 10.9 Å². The van der Waals surface area contributed by atoms with Crippen LogP contribution in [0.1, 0.15) is 33.1 Å². The van der Waals surface area contributed by atoms with E-state index >= 15 is 0 Å². The maximum absolute atomic E-state index is 11.5. The molecule has 1 saturated carbocycles. The van der Waals surface area contributed by atoms with E-state index in [0.29, 0.717) is 5.92 Å². The molecule has 1 amide bonds. The number of amides is 1. The van der Waals surface area contributed by atoms with Crippen molar-refractivity contribution in [2.24, 2.45) is 11.3 Å². The molecule has 0 atom stereocenters. The molecule has 70 valence electrons. The van der Waals surface area contributed by atoms with Gasteiger partial charge in [-0.05, 0) is 18.8 Å². The molecule has 0 aliphatic heterocycles. The summed E-state index contributed by atoms with van der Waals surface area (Å²) in [6.07, 6.45) is 3.68. The van der Waals surface area contributed by atoms with Gasteiger partial charge in [-0.25, -0.2) is 5.43 Å². The van der Waals surface area contributed by atoms with Gasteiger partial charge in [-0.3, -0.25) is 10.2 Å². The summed E-state index contributed by atoms with van der Waals surface area (Å²) >= 11 is 0. The lowest BCUT2D eigenvalue weighted by molar-refractivity contribution is -0.134. The van der Waals surface area contributed by atoms with Crippen LogP contribution in [0.4, 0.5) is 0 Å². The Morgan fingerprint density at radius 3 is 2.33 bits per heavy atom. The van der Waals surface area contributed by atoms with Crippen molar-refractivity contribution >= 4 is 5.91 Å². The molecule has 2 N–H and O–H groups in total. The molecule has 3 nitrogen and oxygen atoms in total. The van der Waals surface area contributed by atoms with Crippen LogP contribution in [0.3, 0.4) is 0 Å². The summed E-state index contributed by atoms with van der Waals surface area (Å²) < 4.78 is 0. The maximum Gasteiger partial charge on any atom is 0.240 e. The monoisotopic (exact) mass is 170 g/mol. The lowest BCUT2D eigenvalue weighted by atomic mass is 9.67. The van der Waals surface area contributed by atoms with Crippen LogP contribution in [-0.4, -0.2) is 13.0 Å². The van der Waals surface area contributed by atoms with Gasteiger partial charge in [0.2, 0.25) is 5.91 Å². The molecular weight excluding hydrogens is 152 g/mol. The standard InChI is InChI=1S/C9H18N2O/c1-9(2,7-5-4-6-7)8(12)11-10-3/h7,10H,4-6H2,1-3H3,(H,11,12). The van der Waals surface area contributed by atoms with E-state index in [4.69, 9.17) is 0 Å². The molecular formula is C9H18N2O. The summed E-state index contributed by atoms with van der Waals surface area (Å²) in [5.74, 6) is 0.681. The van der Waals surface area contributed by atoms with E-state index in [1.165, 1.54) is 19.3 Å². The van der Waals surface area contributed by atoms with Crippen LogP contribution in [-0.2, 0) is 4.79 Å². The average Bonchev–Trinajstić information content (AvgIpc) is 1.82. The van der Waals surface area contributed by atoms with Gasteiger partial charge in [0.1, 0.15) is 0 Å². The lowest BCUT2D eigenvalue weighted by Crippen LogP contribution is -2.48. The molecule has 1 rings (SSSR count). The fourth-order valence-electron chi connectivity index (χ4n) is 1.59. The SMILES string of the molecule is CNNC(=O)C(C)(C)C1CCC1. The van der Waals surface area contributed by atoms with E-state index in [-0.39, 0.29) is 11.3 Å². The molecule has 0 unspecified atom stereocenters. The normalized spacial score (nSPS) is 18.6. The first-order chi connectivity index (χ1) is 5.59. The molecule has 1 fully saturated rings. The van der Waals surface area contributed by atoms with Gasteiger partial charge in [-0.2, -0.15) is 0 Å². The zero-order valence-electron chi connectivity index (χ0n) is 8.11. The molecule has 12 heavy (non-hydrogen) atoms. The van der Waals surface area contributed by atoms with Crippen molar-refractivity contribution in [2.45, 2.75) is 33.1 Å². The van der Waals surface area contributed by atoms with Crippen LogP contribution in [0.5, 0.6) is 0 Å². The number of hydrazine groups is 1. The highest BCUT2D eigenvalue weighted by Crippen LogP contribution is 2.41. The summed E-state index contributed by atoms with van der Waals surface area (Å²) in [6.45, 7) is 4.03. The molecule has 0 heterocycles. The fraction of sp³-hybridized carbons (Fsp3) is 0.889. The van der Waals surface area contributed by atoms with E-state index < -0.39 is 0 Å².